The van der Waals surface area contributed by atoms with Crippen LogP contribution in [0.3, 0.4) is 0 Å². The van der Waals surface area contributed by atoms with Crippen molar-refractivity contribution in [3.8, 4) is 0 Å². The third kappa shape index (κ3) is 4.57. The summed E-state index contributed by atoms with van der Waals surface area (Å²) >= 11 is 0. The number of nitrogens with one attached hydrogen (secondary N) is 1. The highest BCUT2D eigenvalue weighted by Crippen LogP contribution is 2.30. The van der Waals surface area contributed by atoms with Gasteiger partial charge in [0.2, 0.25) is 5.91 Å². The van der Waals surface area contributed by atoms with Crippen LogP contribution in [0.5, 0.6) is 0 Å². The predicted octanol–water partition coefficient (Wildman–Crippen LogP) is 3.88. The molecule has 0 fully saturated rings. The van der Waals surface area contributed by atoms with Gasteiger partial charge < -0.3 is 15.1 Å². The van der Waals surface area contributed by atoms with Gasteiger partial charge in [-0.3, -0.25) is 9.59 Å². The van der Waals surface area contributed by atoms with Crippen molar-refractivity contribution in [1.82, 2.24) is 10.2 Å². The maximum absolute atomic E-state index is 13.1. The van der Waals surface area contributed by atoms with Gasteiger partial charge in [0.05, 0.1) is 6.54 Å². The van der Waals surface area contributed by atoms with Gasteiger partial charge in [-0.25, -0.2) is 0 Å². The molecule has 1 aliphatic heterocycles. The van der Waals surface area contributed by atoms with Gasteiger partial charge in [0.25, 0.3) is 5.91 Å². The Hall–Kier alpha value is -2.30. The lowest BCUT2D eigenvalue weighted by molar-refractivity contribution is -0.127. The van der Waals surface area contributed by atoms with Gasteiger partial charge >= 0.3 is 0 Å². The van der Waals surface area contributed by atoms with Crippen molar-refractivity contribution in [2.24, 2.45) is 0 Å². The number of fused-ring (bicyclic) bond motifs is 1. The van der Waals surface area contributed by atoms with Crippen LogP contribution in [0, 0.1) is 0 Å². The second kappa shape index (κ2) is 9.26. The molecule has 5 heteroatoms. The van der Waals surface area contributed by atoms with Crippen LogP contribution in [-0.4, -0.2) is 42.4 Å². The molecule has 28 heavy (non-hydrogen) atoms. The number of anilines is 1. The van der Waals surface area contributed by atoms with Crippen molar-refractivity contribution in [3.63, 3.8) is 0 Å². The van der Waals surface area contributed by atoms with E-state index < -0.39 is 0 Å². The molecule has 0 aromatic heterocycles. The van der Waals surface area contributed by atoms with Crippen LogP contribution >= 0.6 is 0 Å². The topological polar surface area (TPSA) is 52.7 Å². The summed E-state index contributed by atoms with van der Waals surface area (Å²) in [6.07, 6.45) is 8.51. The average Bonchev–Trinajstić information content (AvgIpc) is 2.68. The molecule has 1 aromatic rings. The molecule has 0 saturated carbocycles. The third-order valence-electron chi connectivity index (χ3n) is 5.57. The van der Waals surface area contributed by atoms with Crippen molar-refractivity contribution in [1.29, 1.82) is 0 Å². The van der Waals surface area contributed by atoms with E-state index >= 15 is 0 Å². The molecule has 3 rings (SSSR count). The smallest absolute Gasteiger partial charge is 0.251 e. The summed E-state index contributed by atoms with van der Waals surface area (Å²) in [5.41, 5.74) is 4.02. The van der Waals surface area contributed by atoms with E-state index in [9.17, 15) is 9.59 Å². The molecule has 0 radical (unpaired) electrons. The molecular formula is C23H33N3O2. The molecule has 5 nitrogen and oxygen atoms in total. The maximum Gasteiger partial charge on any atom is 0.251 e. The number of rotatable bonds is 6. The summed E-state index contributed by atoms with van der Waals surface area (Å²) in [5, 5.41) is 3.00. The zero-order valence-electron chi connectivity index (χ0n) is 17.5. The number of nitrogens with zero attached hydrogens (tertiary/aromatic N) is 2. The quantitative estimate of drug-likeness (QED) is 0.811. The first-order chi connectivity index (χ1) is 13.5. The highest BCUT2D eigenvalue weighted by molar-refractivity contribution is 5.97. The molecule has 1 N–H and O–H groups in total. The van der Waals surface area contributed by atoms with Crippen molar-refractivity contribution in [2.45, 2.75) is 65.3 Å². The number of carbonyl (C=O) groups excluding carboxylic acids is 2. The number of likely N-dealkylation sites (N-methyl/N-ethyl adjacent to an activating group) is 1. The highest BCUT2D eigenvalue weighted by Gasteiger charge is 2.26. The molecule has 0 bridgehead atoms. The van der Waals surface area contributed by atoms with Crippen LogP contribution in [0.1, 0.15) is 68.8 Å². The summed E-state index contributed by atoms with van der Waals surface area (Å²) < 4.78 is 0. The van der Waals surface area contributed by atoms with Gasteiger partial charge in [-0.2, -0.15) is 0 Å². The molecule has 0 spiro atoms. The van der Waals surface area contributed by atoms with Crippen molar-refractivity contribution in [3.05, 3.63) is 41.1 Å². The molecule has 1 heterocycles. The molecule has 0 saturated heterocycles. The zero-order valence-corrected chi connectivity index (χ0v) is 17.5. The van der Waals surface area contributed by atoms with Crippen molar-refractivity contribution >= 4 is 17.5 Å². The number of hydrogen-bond acceptors (Lipinski definition) is 3. The molecule has 1 aromatic carbocycles. The SMILES string of the molecule is CCN(C(=O)CN1CCCc2c(C(=O)NC(C)C)cccc21)C1=CCCCC1. The van der Waals surface area contributed by atoms with Crippen LogP contribution in [0.2, 0.25) is 0 Å². The molecule has 0 atom stereocenters. The summed E-state index contributed by atoms with van der Waals surface area (Å²) in [6, 6.07) is 5.97. The van der Waals surface area contributed by atoms with E-state index in [2.05, 4.69) is 16.3 Å². The Balaban J connectivity index is 1.79. The predicted molar refractivity (Wildman–Crippen MR) is 114 cm³/mol. The zero-order chi connectivity index (χ0) is 20.1. The van der Waals surface area contributed by atoms with Crippen LogP contribution < -0.4 is 10.2 Å². The fraction of sp³-hybridized carbons (Fsp3) is 0.565. The molecule has 152 valence electrons. The van der Waals surface area contributed by atoms with Crippen LogP contribution in [0.4, 0.5) is 5.69 Å². The van der Waals surface area contributed by atoms with Gasteiger partial charge in [0.15, 0.2) is 0 Å². The number of carbonyl (C=O) groups is 2. The van der Waals surface area contributed by atoms with Gasteiger partial charge in [0, 0.05) is 36.1 Å². The lowest BCUT2D eigenvalue weighted by Crippen LogP contribution is -2.42. The van der Waals surface area contributed by atoms with Gasteiger partial charge in [-0.15, -0.1) is 0 Å². The van der Waals surface area contributed by atoms with E-state index in [0.717, 1.165) is 55.5 Å². The molecule has 1 aliphatic carbocycles. The summed E-state index contributed by atoms with van der Waals surface area (Å²) in [5.74, 6) is 0.128. The van der Waals surface area contributed by atoms with E-state index in [1.807, 2.05) is 43.9 Å². The lowest BCUT2D eigenvalue weighted by Gasteiger charge is -2.34. The number of allylic oxidation sites excluding steroid dienone is 2. The molecule has 2 amide bonds. The van der Waals surface area contributed by atoms with E-state index in [4.69, 9.17) is 0 Å². The molecule has 2 aliphatic rings. The van der Waals surface area contributed by atoms with Crippen molar-refractivity contribution in [2.75, 3.05) is 24.5 Å². The largest absolute Gasteiger partial charge is 0.362 e. The fourth-order valence-electron chi connectivity index (χ4n) is 4.27. The molecule has 0 unspecified atom stereocenters. The Kier molecular flexibility index (Phi) is 6.76. The van der Waals surface area contributed by atoms with Gasteiger partial charge in [0.1, 0.15) is 0 Å². The van der Waals surface area contributed by atoms with E-state index in [1.165, 1.54) is 12.1 Å². The Labute approximate surface area is 168 Å². The van der Waals surface area contributed by atoms with Crippen LogP contribution in [0.25, 0.3) is 0 Å². The Bertz CT molecular complexity index is 754. The number of benzene rings is 1. The second-order valence-corrected chi connectivity index (χ2v) is 8.04. The first-order valence-corrected chi connectivity index (χ1v) is 10.7. The average molecular weight is 384 g/mol. The second-order valence-electron chi connectivity index (χ2n) is 8.04. The standard InChI is InChI=1S/C23H33N3O2/c1-4-26(18-10-6-5-7-11-18)22(27)16-25-15-9-13-19-20(12-8-14-21(19)25)23(28)24-17(2)3/h8,10,12,14,17H,4-7,9,11,13,15-16H2,1-3H3,(H,24,28). The summed E-state index contributed by atoms with van der Waals surface area (Å²) in [4.78, 5) is 29.8. The number of hydrogen-bond donors (Lipinski definition) is 1. The van der Waals surface area contributed by atoms with Crippen molar-refractivity contribution < 1.29 is 9.59 Å². The van der Waals surface area contributed by atoms with Gasteiger partial charge in [-0.1, -0.05) is 12.1 Å². The van der Waals surface area contributed by atoms with Gasteiger partial charge in [-0.05, 0) is 77.0 Å². The first kappa shape index (κ1) is 20.4. The van der Waals surface area contributed by atoms with E-state index in [-0.39, 0.29) is 17.9 Å². The molecular weight excluding hydrogens is 350 g/mol. The highest BCUT2D eigenvalue weighted by atomic mass is 16.2. The number of amides is 2. The lowest BCUT2D eigenvalue weighted by atomic mass is 9.95. The monoisotopic (exact) mass is 383 g/mol. The normalized spacial score (nSPS) is 16.4. The Morgan fingerprint density at radius 3 is 2.68 bits per heavy atom. The van der Waals surface area contributed by atoms with E-state index in [0.29, 0.717) is 13.1 Å². The summed E-state index contributed by atoms with van der Waals surface area (Å²) in [7, 11) is 0. The minimum Gasteiger partial charge on any atom is -0.362 e. The fourth-order valence-corrected chi connectivity index (χ4v) is 4.27. The van der Waals surface area contributed by atoms with Crippen LogP contribution in [-0.2, 0) is 11.2 Å². The third-order valence-corrected chi connectivity index (χ3v) is 5.57. The minimum absolute atomic E-state index is 0.0254. The Morgan fingerprint density at radius 2 is 2.00 bits per heavy atom. The van der Waals surface area contributed by atoms with Crippen LogP contribution in [0.15, 0.2) is 30.0 Å². The summed E-state index contributed by atoms with van der Waals surface area (Å²) in [6.45, 7) is 7.92. The van der Waals surface area contributed by atoms with E-state index in [1.54, 1.807) is 0 Å². The maximum atomic E-state index is 13.1. The minimum atomic E-state index is -0.0254. The Morgan fingerprint density at radius 1 is 1.18 bits per heavy atom. The first-order valence-electron chi connectivity index (χ1n) is 10.7.